The Labute approximate surface area is 163 Å². The van der Waals surface area contributed by atoms with Gasteiger partial charge in [0.1, 0.15) is 24.2 Å². The van der Waals surface area contributed by atoms with Crippen molar-refractivity contribution < 1.29 is 18.7 Å². The molecule has 2 aromatic carbocycles. The Morgan fingerprint density at radius 2 is 2.00 bits per heavy atom. The molecule has 28 heavy (non-hydrogen) atoms. The van der Waals surface area contributed by atoms with Crippen LogP contribution in [0.1, 0.15) is 16.9 Å². The van der Waals surface area contributed by atoms with Crippen LogP contribution in [-0.4, -0.2) is 18.7 Å². The number of carbonyl (C=O) groups excluding carboxylic acids is 1. The molecule has 1 aliphatic heterocycles. The summed E-state index contributed by atoms with van der Waals surface area (Å²) in [6.07, 6.45) is 2.39. The minimum absolute atomic E-state index is 0.0375. The van der Waals surface area contributed by atoms with Gasteiger partial charge in [-0.25, -0.2) is 4.79 Å². The maximum atomic E-state index is 12.2. The highest BCUT2D eigenvalue weighted by Crippen LogP contribution is 2.27. The second-order valence-corrected chi connectivity index (χ2v) is 6.66. The van der Waals surface area contributed by atoms with Gasteiger partial charge in [0.25, 0.3) is 0 Å². The molecular weight excluding hydrogens is 356 g/mol. The molecule has 1 aromatic heterocycles. The second kappa shape index (κ2) is 8.63. The van der Waals surface area contributed by atoms with Crippen LogP contribution in [-0.2, 0) is 24.4 Å². The normalized spacial score (nSPS) is 14.9. The van der Waals surface area contributed by atoms with E-state index in [0.717, 1.165) is 23.5 Å². The largest absolute Gasteiger partial charge is 0.488 e. The lowest BCUT2D eigenvalue weighted by Gasteiger charge is -2.13. The van der Waals surface area contributed by atoms with E-state index in [1.165, 1.54) is 5.56 Å². The molecule has 0 radical (unpaired) electrons. The highest BCUT2D eigenvalue weighted by atomic mass is 16.5. The molecule has 0 bridgehead atoms. The van der Waals surface area contributed by atoms with Gasteiger partial charge in [0.2, 0.25) is 0 Å². The highest BCUT2D eigenvalue weighted by Gasteiger charge is 2.22. The zero-order valence-electron chi connectivity index (χ0n) is 15.4. The monoisotopic (exact) mass is 378 g/mol. The third kappa shape index (κ3) is 4.72. The number of carbonyl (C=O) groups is 1. The SMILES string of the molecule is O=C(NC[C@@H]1Cc2ccccc2O1)Nc1cccc(COCc2ccco2)c1. The van der Waals surface area contributed by atoms with E-state index >= 15 is 0 Å². The van der Waals surface area contributed by atoms with E-state index in [0.29, 0.717) is 25.4 Å². The average molecular weight is 378 g/mol. The Morgan fingerprint density at radius 3 is 2.86 bits per heavy atom. The van der Waals surface area contributed by atoms with Crippen LogP contribution in [0, 0.1) is 0 Å². The Morgan fingerprint density at radius 1 is 1.07 bits per heavy atom. The van der Waals surface area contributed by atoms with Crippen LogP contribution >= 0.6 is 0 Å². The quantitative estimate of drug-likeness (QED) is 0.649. The fraction of sp³-hybridized carbons (Fsp3) is 0.227. The fourth-order valence-corrected chi connectivity index (χ4v) is 3.15. The van der Waals surface area contributed by atoms with E-state index in [-0.39, 0.29) is 12.1 Å². The Kier molecular flexibility index (Phi) is 5.58. The zero-order chi connectivity index (χ0) is 19.2. The number of hydrogen-bond acceptors (Lipinski definition) is 4. The topological polar surface area (TPSA) is 72.7 Å². The molecule has 1 atom stereocenters. The number of para-hydroxylation sites is 1. The first-order chi connectivity index (χ1) is 13.8. The summed E-state index contributed by atoms with van der Waals surface area (Å²) in [5.41, 5.74) is 2.86. The van der Waals surface area contributed by atoms with Gasteiger partial charge in [-0.2, -0.15) is 0 Å². The summed E-state index contributed by atoms with van der Waals surface area (Å²) in [5, 5.41) is 5.72. The van der Waals surface area contributed by atoms with Crippen molar-refractivity contribution in [2.75, 3.05) is 11.9 Å². The first kappa shape index (κ1) is 18.1. The van der Waals surface area contributed by atoms with E-state index in [1.807, 2.05) is 54.6 Å². The summed E-state index contributed by atoms with van der Waals surface area (Å²) in [6, 6.07) is 19.0. The van der Waals surface area contributed by atoms with Crippen molar-refractivity contribution in [2.24, 2.45) is 0 Å². The summed E-state index contributed by atoms with van der Waals surface area (Å²) >= 11 is 0. The van der Waals surface area contributed by atoms with Crippen LogP contribution in [0.25, 0.3) is 0 Å². The van der Waals surface area contributed by atoms with E-state index in [4.69, 9.17) is 13.9 Å². The summed E-state index contributed by atoms with van der Waals surface area (Å²) < 4.78 is 16.7. The first-order valence-corrected chi connectivity index (χ1v) is 9.25. The third-order valence-corrected chi connectivity index (χ3v) is 4.48. The number of ether oxygens (including phenoxy) is 2. The number of nitrogens with one attached hydrogen (secondary N) is 2. The minimum Gasteiger partial charge on any atom is -0.488 e. The molecule has 6 nitrogen and oxygen atoms in total. The van der Waals surface area contributed by atoms with Crippen LogP contribution in [0.3, 0.4) is 0 Å². The fourth-order valence-electron chi connectivity index (χ4n) is 3.15. The number of hydrogen-bond donors (Lipinski definition) is 2. The van der Waals surface area contributed by atoms with Crippen LogP contribution in [0.5, 0.6) is 5.75 Å². The van der Waals surface area contributed by atoms with Gasteiger partial charge >= 0.3 is 6.03 Å². The van der Waals surface area contributed by atoms with Gasteiger partial charge in [-0.3, -0.25) is 0 Å². The van der Waals surface area contributed by atoms with Gasteiger partial charge in [-0.05, 0) is 41.5 Å². The van der Waals surface area contributed by atoms with E-state index in [2.05, 4.69) is 16.7 Å². The maximum absolute atomic E-state index is 12.2. The molecule has 2 N–H and O–H groups in total. The predicted molar refractivity (Wildman–Crippen MR) is 105 cm³/mol. The number of furan rings is 1. The minimum atomic E-state index is -0.256. The van der Waals surface area contributed by atoms with Gasteiger partial charge < -0.3 is 24.5 Å². The molecule has 6 heteroatoms. The van der Waals surface area contributed by atoms with Crippen molar-refractivity contribution in [3.05, 3.63) is 83.8 Å². The van der Waals surface area contributed by atoms with E-state index < -0.39 is 0 Å². The van der Waals surface area contributed by atoms with Crippen molar-refractivity contribution in [3.8, 4) is 5.75 Å². The molecule has 0 aliphatic carbocycles. The molecule has 0 unspecified atom stereocenters. The molecule has 4 rings (SSSR count). The standard InChI is InChI=1S/C22H22N2O4/c25-22(23-13-20-12-17-6-1-2-9-21(17)28-20)24-18-7-3-5-16(11-18)14-26-15-19-8-4-10-27-19/h1-11,20H,12-15H2,(H2,23,24,25)/t20-/m0/s1. The van der Waals surface area contributed by atoms with Crippen molar-refractivity contribution in [1.29, 1.82) is 0 Å². The number of fused-ring (bicyclic) bond motifs is 1. The smallest absolute Gasteiger partial charge is 0.319 e. The molecule has 0 saturated carbocycles. The number of anilines is 1. The summed E-state index contributed by atoms with van der Waals surface area (Å²) in [4.78, 5) is 12.2. The molecule has 0 spiro atoms. The average Bonchev–Trinajstić information content (AvgIpc) is 3.36. The predicted octanol–water partition coefficient (Wildman–Crippen LogP) is 4.12. The summed E-state index contributed by atoms with van der Waals surface area (Å²) in [6.45, 7) is 1.30. The maximum Gasteiger partial charge on any atom is 0.319 e. The Bertz CT molecular complexity index is 899. The molecule has 3 aromatic rings. The first-order valence-electron chi connectivity index (χ1n) is 9.25. The molecular formula is C22H22N2O4. The van der Waals surface area contributed by atoms with Gasteiger partial charge in [0, 0.05) is 12.1 Å². The van der Waals surface area contributed by atoms with Gasteiger partial charge in [0.15, 0.2) is 0 Å². The highest BCUT2D eigenvalue weighted by molar-refractivity contribution is 5.89. The zero-order valence-corrected chi connectivity index (χ0v) is 15.4. The molecule has 2 amide bonds. The van der Waals surface area contributed by atoms with Crippen molar-refractivity contribution in [2.45, 2.75) is 25.7 Å². The van der Waals surface area contributed by atoms with Crippen LogP contribution < -0.4 is 15.4 Å². The lowest BCUT2D eigenvalue weighted by Crippen LogP contribution is -2.37. The van der Waals surface area contributed by atoms with Gasteiger partial charge in [-0.1, -0.05) is 30.3 Å². The van der Waals surface area contributed by atoms with Gasteiger partial charge in [-0.15, -0.1) is 0 Å². The van der Waals surface area contributed by atoms with Crippen molar-refractivity contribution >= 4 is 11.7 Å². The molecule has 0 fully saturated rings. The molecule has 1 aliphatic rings. The number of urea groups is 1. The molecule has 144 valence electrons. The van der Waals surface area contributed by atoms with Gasteiger partial charge in [0.05, 0.1) is 19.4 Å². The van der Waals surface area contributed by atoms with Crippen LogP contribution in [0.2, 0.25) is 0 Å². The second-order valence-electron chi connectivity index (χ2n) is 6.66. The van der Waals surface area contributed by atoms with Crippen LogP contribution in [0.15, 0.2) is 71.3 Å². The van der Waals surface area contributed by atoms with Crippen molar-refractivity contribution in [1.82, 2.24) is 5.32 Å². The molecule has 2 heterocycles. The Balaban J connectivity index is 1.22. The van der Waals surface area contributed by atoms with Crippen LogP contribution in [0.4, 0.5) is 10.5 Å². The lowest BCUT2D eigenvalue weighted by molar-refractivity contribution is 0.0930. The molecule has 0 saturated heterocycles. The van der Waals surface area contributed by atoms with E-state index in [9.17, 15) is 4.79 Å². The van der Waals surface area contributed by atoms with E-state index in [1.54, 1.807) is 6.26 Å². The number of benzene rings is 2. The summed E-state index contributed by atoms with van der Waals surface area (Å²) in [5.74, 6) is 1.68. The number of amides is 2. The lowest BCUT2D eigenvalue weighted by atomic mass is 10.1. The van der Waals surface area contributed by atoms with Crippen molar-refractivity contribution in [3.63, 3.8) is 0 Å². The number of rotatable bonds is 7. The summed E-state index contributed by atoms with van der Waals surface area (Å²) in [7, 11) is 0. The third-order valence-electron chi connectivity index (χ3n) is 4.48. The Hall–Kier alpha value is -3.25.